The molecule has 0 spiro atoms. The molecule has 0 radical (unpaired) electrons. The van der Waals surface area contributed by atoms with Gasteiger partial charge in [-0.05, 0) is 38.6 Å². The summed E-state index contributed by atoms with van der Waals surface area (Å²) < 4.78 is 0. The van der Waals surface area contributed by atoms with Crippen LogP contribution in [0.4, 0.5) is 0 Å². The summed E-state index contributed by atoms with van der Waals surface area (Å²) in [5.74, 6) is -3.54. The van der Waals surface area contributed by atoms with E-state index in [0.29, 0.717) is 25.8 Å². The second-order valence-corrected chi connectivity index (χ2v) is 7.09. The minimum absolute atomic E-state index is 0.223. The van der Waals surface area contributed by atoms with Gasteiger partial charge in [0.2, 0.25) is 17.7 Å². The number of rotatable bonds is 14. The lowest BCUT2D eigenvalue weighted by Gasteiger charge is -2.26. The molecule has 5 unspecified atom stereocenters. The van der Waals surface area contributed by atoms with Crippen LogP contribution in [0, 0.1) is 5.92 Å². The molecule has 0 aromatic rings. The van der Waals surface area contributed by atoms with Gasteiger partial charge < -0.3 is 37.6 Å². The van der Waals surface area contributed by atoms with E-state index in [1.54, 1.807) is 13.8 Å². The minimum atomic E-state index is -1.29. The Morgan fingerprint density at radius 3 is 1.93 bits per heavy atom. The van der Waals surface area contributed by atoms with Gasteiger partial charge in [-0.15, -0.1) is 0 Å². The summed E-state index contributed by atoms with van der Waals surface area (Å²) in [5.41, 5.74) is 10.9. The first-order valence-electron chi connectivity index (χ1n) is 9.79. The summed E-state index contributed by atoms with van der Waals surface area (Å²) in [5, 5.41) is 26.0. The second kappa shape index (κ2) is 13.9. The molecule has 0 fully saturated rings. The summed E-state index contributed by atoms with van der Waals surface area (Å²) in [6.07, 6.45) is 1.89. The number of carboxylic acid groups (broad SMARTS) is 1. The Balaban J connectivity index is 5.27. The van der Waals surface area contributed by atoms with Crippen LogP contribution in [0.2, 0.25) is 0 Å². The summed E-state index contributed by atoms with van der Waals surface area (Å²) >= 11 is 0. The van der Waals surface area contributed by atoms with Gasteiger partial charge in [-0.25, -0.2) is 4.79 Å². The Morgan fingerprint density at radius 1 is 0.931 bits per heavy atom. The Morgan fingerprint density at radius 2 is 1.48 bits per heavy atom. The molecule has 29 heavy (non-hydrogen) atoms. The van der Waals surface area contributed by atoms with E-state index >= 15 is 0 Å². The van der Waals surface area contributed by atoms with Gasteiger partial charge in [-0.1, -0.05) is 20.3 Å². The first-order chi connectivity index (χ1) is 13.6. The molecule has 11 nitrogen and oxygen atoms in total. The van der Waals surface area contributed by atoms with Gasteiger partial charge in [0, 0.05) is 0 Å². The van der Waals surface area contributed by atoms with Gasteiger partial charge in [0.1, 0.15) is 18.1 Å². The van der Waals surface area contributed by atoms with Crippen LogP contribution in [-0.4, -0.2) is 71.2 Å². The molecule has 0 saturated carbocycles. The van der Waals surface area contributed by atoms with E-state index in [1.165, 1.54) is 6.92 Å². The fourth-order valence-corrected chi connectivity index (χ4v) is 2.47. The number of hydrogen-bond acceptors (Lipinski definition) is 7. The van der Waals surface area contributed by atoms with E-state index in [2.05, 4.69) is 16.0 Å². The zero-order chi connectivity index (χ0) is 22.6. The highest BCUT2D eigenvalue weighted by atomic mass is 16.4. The minimum Gasteiger partial charge on any atom is -0.480 e. The van der Waals surface area contributed by atoms with Crippen molar-refractivity contribution in [3.63, 3.8) is 0 Å². The fourth-order valence-electron chi connectivity index (χ4n) is 2.47. The lowest BCUT2D eigenvalue weighted by atomic mass is 9.98. The molecule has 0 heterocycles. The van der Waals surface area contributed by atoms with Crippen LogP contribution in [0.15, 0.2) is 0 Å². The first kappa shape index (κ1) is 26.8. The van der Waals surface area contributed by atoms with Crippen LogP contribution in [0.3, 0.4) is 0 Å². The molecule has 0 aliphatic carbocycles. The van der Waals surface area contributed by atoms with Crippen molar-refractivity contribution in [2.24, 2.45) is 17.4 Å². The van der Waals surface area contributed by atoms with Crippen LogP contribution < -0.4 is 27.4 Å². The maximum Gasteiger partial charge on any atom is 0.326 e. The van der Waals surface area contributed by atoms with Crippen LogP contribution in [0.5, 0.6) is 0 Å². The lowest BCUT2D eigenvalue weighted by Crippen LogP contribution is -2.58. The molecule has 0 aliphatic rings. The van der Waals surface area contributed by atoms with E-state index < -0.39 is 54.5 Å². The Hall–Kier alpha value is -2.24. The summed E-state index contributed by atoms with van der Waals surface area (Å²) in [6.45, 7) is 4.64. The predicted molar refractivity (Wildman–Crippen MR) is 107 cm³/mol. The summed E-state index contributed by atoms with van der Waals surface area (Å²) in [4.78, 5) is 48.3. The molecule has 0 aliphatic heterocycles. The number of carbonyl (C=O) groups is 4. The van der Waals surface area contributed by atoms with Crippen molar-refractivity contribution < 1.29 is 29.4 Å². The Kier molecular flexibility index (Phi) is 12.8. The van der Waals surface area contributed by atoms with Gasteiger partial charge in [0.25, 0.3) is 0 Å². The number of hydrogen-bond donors (Lipinski definition) is 7. The maximum absolute atomic E-state index is 12.7. The number of aliphatic carboxylic acids is 1. The Labute approximate surface area is 171 Å². The number of nitrogens with one attached hydrogen (secondary N) is 3. The highest BCUT2D eigenvalue weighted by molar-refractivity contribution is 5.94. The number of aliphatic hydroxyl groups excluding tert-OH is 1. The van der Waals surface area contributed by atoms with Gasteiger partial charge >= 0.3 is 5.97 Å². The molecule has 0 saturated heterocycles. The van der Waals surface area contributed by atoms with Crippen molar-refractivity contribution in [2.45, 2.75) is 70.6 Å². The molecule has 0 aromatic carbocycles. The number of aliphatic hydroxyl groups is 1. The monoisotopic (exact) mass is 417 g/mol. The van der Waals surface area contributed by atoms with Gasteiger partial charge in [0.05, 0.1) is 12.6 Å². The highest BCUT2D eigenvalue weighted by Gasteiger charge is 2.31. The molecular weight excluding hydrogens is 382 g/mol. The van der Waals surface area contributed by atoms with E-state index in [1.807, 2.05) is 0 Å². The summed E-state index contributed by atoms with van der Waals surface area (Å²) in [7, 11) is 0. The van der Waals surface area contributed by atoms with Crippen molar-refractivity contribution in [2.75, 3.05) is 13.2 Å². The van der Waals surface area contributed by atoms with Crippen LogP contribution in [0.25, 0.3) is 0 Å². The molecule has 0 aromatic heterocycles. The van der Waals surface area contributed by atoms with Crippen LogP contribution in [0.1, 0.15) is 46.5 Å². The van der Waals surface area contributed by atoms with E-state index in [4.69, 9.17) is 11.5 Å². The summed E-state index contributed by atoms with van der Waals surface area (Å²) in [6, 6.07) is -4.32. The third-order valence-corrected chi connectivity index (χ3v) is 4.59. The lowest BCUT2D eigenvalue weighted by molar-refractivity contribution is -0.144. The standard InChI is InChI=1S/C18H35N5O6/c1-4-10(2)14(18(28)29)23-16(26)12(7-5-6-8-19)21-17(27)13(9-24)22-15(25)11(3)20/h10-14,24H,4-9,19-20H2,1-3H3,(H,21,27)(H,22,25)(H,23,26)(H,28,29). The number of carbonyl (C=O) groups excluding carboxylic acids is 3. The smallest absolute Gasteiger partial charge is 0.326 e. The molecule has 168 valence electrons. The number of nitrogens with two attached hydrogens (primary N) is 2. The van der Waals surface area contributed by atoms with Crippen LogP contribution in [-0.2, 0) is 19.2 Å². The molecule has 0 bridgehead atoms. The van der Waals surface area contributed by atoms with Gasteiger partial charge in [-0.3, -0.25) is 14.4 Å². The average Bonchev–Trinajstić information content (AvgIpc) is 2.67. The molecular formula is C18H35N5O6. The van der Waals surface area contributed by atoms with Crippen molar-refractivity contribution in [1.29, 1.82) is 0 Å². The molecule has 0 rings (SSSR count). The second-order valence-electron chi connectivity index (χ2n) is 7.09. The fraction of sp³-hybridized carbons (Fsp3) is 0.778. The SMILES string of the molecule is CCC(C)C(NC(=O)C(CCCCN)NC(=O)C(CO)NC(=O)C(C)N)C(=O)O. The maximum atomic E-state index is 12.7. The largest absolute Gasteiger partial charge is 0.480 e. The van der Waals surface area contributed by atoms with Crippen molar-refractivity contribution in [1.82, 2.24) is 16.0 Å². The normalized spacial score (nSPS) is 16.1. The molecule has 5 atom stereocenters. The van der Waals surface area contributed by atoms with Crippen molar-refractivity contribution in [3.8, 4) is 0 Å². The van der Waals surface area contributed by atoms with E-state index in [0.717, 1.165) is 0 Å². The molecule has 9 N–H and O–H groups in total. The third-order valence-electron chi connectivity index (χ3n) is 4.59. The molecule has 11 heteroatoms. The highest BCUT2D eigenvalue weighted by Crippen LogP contribution is 2.09. The third kappa shape index (κ3) is 9.68. The molecule has 3 amide bonds. The average molecular weight is 418 g/mol. The topological polar surface area (TPSA) is 197 Å². The van der Waals surface area contributed by atoms with Gasteiger partial charge in [-0.2, -0.15) is 0 Å². The van der Waals surface area contributed by atoms with Crippen molar-refractivity contribution >= 4 is 23.7 Å². The van der Waals surface area contributed by atoms with Gasteiger partial charge in [0.15, 0.2) is 0 Å². The van der Waals surface area contributed by atoms with Crippen LogP contribution >= 0.6 is 0 Å². The van der Waals surface area contributed by atoms with Crippen molar-refractivity contribution in [3.05, 3.63) is 0 Å². The first-order valence-corrected chi connectivity index (χ1v) is 9.79. The number of carboxylic acids is 1. The van der Waals surface area contributed by atoms with E-state index in [-0.39, 0.29) is 12.3 Å². The zero-order valence-electron chi connectivity index (χ0n) is 17.3. The number of amides is 3. The number of unbranched alkanes of at least 4 members (excludes halogenated alkanes) is 1. The quantitative estimate of drug-likeness (QED) is 0.158. The zero-order valence-corrected chi connectivity index (χ0v) is 17.3. The predicted octanol–water partition coefficient (Wildman–Crippen LogP) is -1.96. The van der Waals surface area contributed by atoms with E-state index in [9.17, 15) is 29.4 Å². The Bertz CT molecular complexity index is 557.